The van der Waals surface area contributed by atoms with Crippen molar-refractivity contribution in [3.05, 3.63) is 89.4 Å². The zero-order valence-electron chi connectivity index (χ0n) is 18.8. The molecule has 0 spiro atoms. The molecule has 1 aliphatic rings. The molecule has 2 aromatic rings. The lowest BCUT2D eigenvalue weighted by molar-refractivity contribution is -0.198. The van der Waals surface area contributed by atoms with Crippen LogP contribution in [0.25, 0.3) is 17.0 Å². The Morgan fingerprint density at radius 2 is 2.09 bits per heavy atom. The van der Waals surface area contributed by atoms with Gasteiger partial charge in [0.15, 0.2) is 11.6 Å². The van der Waals surface area contributed by atoms with E-state index < -0.39 is 0 Å². The lowest BCUT2D eigenvalue weighted by Gasteiger charge is -2.14. The second kappa shape index (κ2) is 12.9. The lowest BCUT2D eigenvalue weighted by atomic mass is 10.1. The molecule has 0 bridgehead atoms. The molecule has 3 rings (SSSR count). The summed E-state index contributed by atoms with van der Waals surface area (Å²) in [5.41, 5.74) is 3.84. The van der Waals surface area contributed by atoms with E-state index in [0.29, 0.717) is 17.9 Å². The van der Waals surface area contributed by atoms with Gasteiger partial charge in [0.25, 0.3) is 0 Å². The van der Waals surface area contributed by atoms with Crippen molar-refractivity contribution in [3.8, 4) is 0 Å². The summed E-state index contributed by atoms with van der Waals surface area (Å²) in [6.07, 6.45) is 17.3. The van der Waals surface area contributed by atoms with Crippen LogP contribution in [0.15, 0.2) is 88.5 Å². The van der Waals surface area contributed by atoms with E-state index in [1.807, 2.05) is 75.4 Å². The maximum Gasteiger partial charge on any atom is 0.176 e. The van der Waals surface area contributed by atoms with E-state index in [9.17, 15) is 0 Å². The van der Waals surface area contributed by atoms with Gasteiger partial charge in [-0.2, -0.15) is 0 Å². The van der Waals surface area contributed by atoms with E-state index in [4.69, 9.17) is 16.5 Å². The van der Waals surface area contributed by atoms with Crippen LogP contribution in [-0.2, 0) is 11.4 Å². The standard InChI is InChI=1S/C23H25N5O2.C2H6/c1-2-3-5-9-20-15-19-14-18(23(24)26-27-25)11-12-22(19)28(20)16-17-8-6-4-7-10-21(13-17)30-29;1-2/h2-5,7,9-15,29H,6,8,16H2,1H3,(H3,24,25,26);1-2H3/b3-2-,7-4-,9-5-,17-13+,21-10+;. The molecule has 4 N–H and O–H groups in total. The van der Waals surface area contributed by atoms with Gasteiger partial charge in [-0.05, 0) is 67.8 Å². The van der Waals surface area contributed by atoms with Crippen LogP contribution in [0.4, 0.5) is 0 Å². The van der Waals surface area contributed by atoms with Gasteiger partial charge in [-0.3, -0.25) is 5.41 Å². The molecule has 0 unspecified atom stereocenters. The Morgan fingerprint density at radius 1 is 1.28 bits per heavy atom. The predicted molar refractivity (Wildman–Crippen MR) is 131 cm³/mol. The third-order valence-electron chi connectivity index (χ3n) is 4.78. The number of fused-ring (bicyclic) bond motifs is 1. The Morgan fingerprint density at radius 3 is 2.81 bits per heavy atom. The highest BCUT2D eigenvalue weighted by molar-refractivity contribution is 6.00. The molecule has 0 atom stereocenters. The molecular formula is C25H31N5O2. The average molecular weight is 434 g/mol. The molecule has 7 heteroatoms. The lowest BCUT2D eigenvalue weighted by Crippen LogP contribution is -2.05. The summed E-state index contributed by atoms with van der Waals surface area (Å²) >= 11 is 0. The van der Waals surface area contributed by atoms with Crippen molar-refractivity contribution in [3.63, 3.8) is 0 Å². The largest absolute Gasteiger partial charge is 0.340 e. The van der Waals surface area contributed by atoms with E-state index in [0.717, 1.165) is 35.0 Å². The molecule has 0 saturated heterocycles. The number of nitrogens with zero attached hydrogens (tertiary/aromatic N) is 3. The first-order valence-corrected chi connectivity index (χ1v) is 10.7. The fourth-order valence-electron chi connectivity index (χ4n) is 3.37. The molecule has 0 amide bonds. The Hall–Kier alpha value is -3.71. The molecule has 0 radical (unpaired) electrons. The summed E-state index contributed by atoms with van der Waals surface area (Å²) in [4.78, 5) is 4.49. The summed E-state index contributed by atoms with van der Waals surface area (Å²) in [5.74, 6) is 5.51. The first kappa shape index (κ1) is 24.6. The number of hydrogen-bond donors (Lipinski definition) is 3. The van der Waals surface area contributed by atoms with Crippen molar-refractivity contribution in [2.24, 2.45) is 16.2 Å². The van der Waals surface area contributed by atoms with Gasteiger partial charge in [0.05, 0.1) is 0 Å². The number of rotatable bonds is 6. The normalized spacial score (nSPS) is 18.5. The van der Waals surface area contributed by atoms with E-state index in [1.54, 1.807) is 6.08 Å². The topological polar surface area (TPSA) is 109 Å². The number of aromatic nitrogens is 1. The third-order valence-corrected chi connectivity index (χ3v) is 4.78. The number of nitrogens with two attached hydrogens (primary N) is 1. The second-order valence-electron chi connectivity index (χ2n) is 6.81. The second-order valence-corrected chi connectivity index (χ2v) is 6.81. The highest BCUT2D eigenvalue weighted by atomic mass is 17.1. The Labute approximate surface area is 189 Å². The number of benzene rings is 1. The van der Waals surface area contributed by atoms with Crippen molar-refractivity contribution in [2.45, 2.75) is 40.2 Å². The van der Waals surface area contributed by atoms with E-state index in [2.05, 4.69) is 31.9 Å². The molecule has 32 heavy (non-hydrogen) atoms. The minimum absolute atomic E-state index is 0.0162. The Bertz CT molecular complexity index is 1100. The number of nitrogens with one attached hydrogen (secondary N) is 1. The first-order valence-electron chi connectivity index (χ1n) is 10.7. The molecule has 1 heterocycles. The fraction of sp³-hybridized carbons (Fsp3) is 0.240. The molecule has 0 fully saturated rings. The number of allylic oxidation sites excluding steroid dienone is 8. The van der Waals surface area contributed by atoms with E-state index >= 15 is 0 Å². The molecule has 0 saturated carbocycles. The van der Waals surface area contributed by atoms with Crippen molar-refractivity contribution in [2.75, 3.05) is 0 Å². The highest BCUT2D eigenvalue weighted by Crippen LogP contribution is 2.26. The van der Waals surface area contributed by atoms with Crippen LogP contribution in [0.2, 0.25) is 0 Å². The molecule has 0 aliphatic heterocycles. The van der Waals surface area contributed by atoms with Crippen LogP contribution >= 0.6 is 0 Å². The number of amidine groups is 1. The maximum atomic E-state index is 9.13. The summed E-state index contributed by atoms with van der Waals surface area (Å²) in [5, 5.41) is 24.9. The van der Waals surface area contributed by atoms with E-state index in [-0.39, 0.29) is 5.84 Å². The van der Waals surface area contributed by atoms with Crippen LogP contribution in [0.1, 0.15) is 44.9 Å². The number of hydrogen-bond acceptors (Lipinski definition) is 4. The summed E-state index contributed by atoms with van der Waals surface area (Å²) in [6.45, 7) is 6.62. The molecule has 1 aromatic heterocycles. The summed E-state index contributed by atoms with van der Waals surface area (Å²) < 4.78 is 2.21. The smallest absolute Gasteiger partial charge is 0.176 e. The molecular weight excluding hydrogens is 402 g/mol. The van der Waals surface area contributed by atoms with E-state index in [1.165, 1.54) is 0 Å². The van der Waals surface area contributed by atoms with Crippen molar-refractivity contribution in [1.82, 2.24) is 4.57 Å². The molecule has 168 valence electrons. The zero-order valence-corrected chi connectivity index (χ0v) is 18.8. The van der Waals surface area contributed by atoms with Gasteiger partial charge >= 0.3 is 0 Å². The highest BCUT2D eigenvalue weighted by Gasteiger charge is 2.12. The van der Waals surface area contributed by atoms with Crippen molar-refractivity contribution in [1.29, 1.82) is 5.41 Å². The maximum absolute atomic E-state index is 9.13. The molecule has 1 aromatic carbocycles. The van der Waals surface area contributed by atoms with Gasteiger partial charge in [0.1, 0.15) is 0 Å². The van der Waals surface area contributed by atoms with Gasteiger partial charge in [-0.15, -0.1) is 5.11 Å². The van der Waals surface area contributed by atoms with Gasteiger partial charge in [-0.25, -0.2) is 5.26 Å². The van der Waals surface area contributed by atoms with Crippen LogP contribution in [0.3, 0.4) is 0 Å². The van der Waals surface area contributed by atoms with Gasteiger partial charge in [0.2, 0.25) is 0 Å². The zero-order chi connectivity index (χ0) is 23.3. The Kier molecular flexibility index (Phi) is 9.87. The van der Waals surface area contributed by atoms with Crippen LogP contribution in [-0.4, -0.2) is 15.7 Å². The Balaban J connectivity index is 0.00000176. The average Bonchev–Trinajstić information content (AvgIpc) is 3.13. The monoisotopic (exact) mass is 433 g/mol. The SMILES string of the molecule is C/C=C\C=C/c1cc2cc(C(=N)N=NN)ccc2n1C/C1=C/C(OO)=C\C=C/CC1.CC. The van der Waals surface area contributed by atoms with Crippen LogP contribution in [0, 0.1) is 5.41 Å². The van der Waals surface area contributed by atoms with Gasteiger partial charge < -0.3 is 15.3 Å². The fourth-order valence-corrected chi connectivity index (χ4v) is 3.37. The molecule has 1 aliphatic carbocycles. The summed E-state index contributed by atoms with van der Waals surface area (Å²) in [6, 6.07) is 7.80. The minimum Gasteiger partial charge on any atom is -0.340 e. The van der Waals surface area contributed by atoms with Gasteiger partial charge in [-0.1, -0.05) is 49.5 Å². The first-order chi connectivity index (χ1) is 15.7. The quantitative estimate of drug-likeness (QED) is 0.0913. The third kappa shape index (κ3) is 6.39. The van der Waals surface area contributed by atoms with Gasteiger partial charge in [0, 0.05) is 28.7 Å². The minimum atomic E-state index is 0.0162. The molecule has 7 nitrogen and oxygen atoms in total. The van der Waals surface area contributed by atoms with Crippen LogP contribution < -0.4 is 5.84 Å². The van der Waals surface area contributed by atoms with Crippen LogP contribution in [0.5, 0.6) is 0 Å². The summed E-state index contributed by atoms with van der Waals surface area (Å²) in [7, 11) is 0. The predicted octanol–water partition coefficient (Wildman–Crippen LogP) is 6.56. The van der Waals surface area contributed by atoms with Crippen molar-refractivity contribution >= 4 is 22.8 Å². The van der Waals surface area contributed by atoms with Crippen molar-refractivity contribution < 1.29 is 10.1 Å².